The zero-order valence-electron chi connectivity index (χ0n) is 14.4. The van der Waals surface area contributed by atoms with Gasteiger partial charge in [0.1, 0.15) is 5.82 Å². The van der Waals surface area contributed by atoms with Gasteiger partial charge < -0.3 is 9.80 Å². The topological polar surface area (TPSA) is 35.9 Å². The Morgan fingerprint density at radius 1 is 1.00 bits per heavy atom. The van der Waals surface area contributed by atoms with Crippen molar-refractivity contribution in [2.24, 2.45) is 4.99 Å². The molecule has 1 fully saturated rings. The molecule has 0 unspecified atom stereocenters. The summed E-state index contributed by atoms with van der Waals surface area (Å²) in [6.07, 6.45) is 1.78. The molecule has 7 heteroatoms. The zero-order chi connectivity index (χ0) is 18.8. The molecule has 0 radical (unpaired) electrons. The fourth-order valence-corrected chi connectivity index (χ4v) is 4.26. The van der Waals surface area contributed by atoms with E-state index in [1.807, 2.05) is 29.2 Å². The Morgan fingerprint density at radius 3 is 2.41 bits per heavy atom. The van der Waals surface area contributed by atoms with Gasteiger partial charge in [0.15, 0.2) is 5.17 Å². The number of nitrogens with zero attached hydrogens (tertiary/aromatic N) is 3. The Kier molecular flexibility index (Phi) is 5.18. The third-order valence-corrected chi connectivity index (χ3v) is 5.93. The molecule has 0 aromatic heterocycles. The van der Waals surface area contributed by atoms with E-state index in [1.54, 1.807) is 24.3 Å². The van der Waals surface area contributed by atoms with Crippen LogP contribution in [0.15, 0.2) is 58.4 Å². The van der Waals surface area contributed by atoms with E-state index in [0.29, 0.717) is 47.0 Å². The number of aliphatic imine (C=N–C) groups is 1. The summed E-state index contributed by atoms with van der Waals surface area (Å²) in [6, 6.07) is 14.2. The van der Waals surface area contributed by atoms with Crippen molar-refractivity contribution in [3.8, 4) is 0 Å². The number of amidine groups is 1. The van der Waals surface area contributed by atoms with Crippen LogP contribution in [-0.4, -0.2) is 42.2 Å². The van der Waals surface area contributed by atoms with E-state index in [1.165, 1.54) is 17.8 Å². The summed E-state index contributed by atoms with van der Waals surface area (Å²) in [4.78, 5) is 21.1. The van der Waals surface area contributed by atoms with Crippen molar-refractivity contribution < 1.29 is 9.18 Å². The summed E-state index contributed by atoms with van der Waals surface area (Å²) in [5.74, 6) is -0.454. The molecule has 0 spiro atoms. The van der Waals surface area contributed by atoms with E-state index < -0.39 is 0 Å². The molecule has 2 aliphatic rings. The summed E-state index contributed by atoms with van der Waals surface area (Å²) in [7, 11) is 0. The second-order valence-electron chi connectivity index (χ2n) is 6.26. The number of halogens is 2. The second kappa shape index (κ2) is 7.74. The van der Waals surface area contributed by atoms with Crippen LogP contribution in [0, 0.1) is 5.82 Å². The van der Waals surface area contributed by atoms with Crippen LogP contribution in [0.25, 0.3) is 6.08 Å². The first-order chi connectivity index (χ1) is 13.1. The lowest BCUT2D eigenvalue weighted by atomic mass is 10.2. The number of benzene rings is 2. The van der Waals surface area contributed by atoms with Crippen molar-refractivity contribution in [1.29, 1.82) is 0 Å². The van der Waals surface area contributed by atoms with Gasteiger partial charge in [0, 0.05) is 31.2 Å². The maximum atomic E-state index is 14.0. The Hall–Kier alpha value is -2.31. The SMILES string of the molecule is O=C1N=C(N2CCN(c3ccccc3F)CC2)S/C1=C/c1ccccc1Cl. The zero-order valence-corrected chi connectivity index (χ0v) is 16.0. The van der Waals surface area contributed by atoms with Gasteiger partial charge in [-0.3, -0.25) is 4.79 Å². The van der Waals surface area contributed by atoms with Crippen LogP contribution in [0.1, 0.15) is 5.56 Å². The van der Waals surface area contributed by atoms with Crippen LogP contribution in [0.5, 0.6) is 0 Å². The third-order valence-electron chi connectivity index (χ3n) is 4.54. The number of thioether (sulfide) groups is 1. The molecule has 0 saturated carbocycles. The average molecular weight is 402 g/mol. The molecule has 4 rings (SSSR count). The monoisotopic (exact) mass is 401 g/mol. The highest BCUT2D eigenvalue weighted by Gasteiger charge is 2.29. The van der Waals surface area contributed by atoms with Gasteiger partial charge in [-0.25, -0.2) is 4.39 Å². The second-order valence-corrected chi connectivity index (χ2v) is 7.67. The molecule has 27 heavy (non-hydrogen) atoms. The minimum absolute atomic E-state index is 0.210. The first-order valence-electron chi connectivity index (χ1n) is 8.63. The Labute approximate surface area is 166 Å². The van der Waals surface area contributed by atoms with E-state index in [4.69, 9.17) is 11.6 Å². The maximum Gasteiger partial charge on any atom is 0.286 e. The molecule has 2 heterocycles. The molecule has 2 aromatic carbocycles. The Balaban J connectivity index is 1.43. The Morgan fingerprint density at radius 2 is 1.67 bits per heavy atom. The lowest BCUT2D eigenvalue weighted by Gasteiger charge is -2.36. The van der Waals surface area contributed by atoms with Crippen molar-refractivity contribution in [3.05, 3.63) is 69.8 Å². The minimum atomic E-state index is -0.244. The summed E-state index contributed by atoms with van der Waals surface area (Å²) in [5, 5.41) is 1.30. The molecule has 4 nitrogen and oxygen atoms in total. The highest BCUT2D eigenvalue weighted by atomic mass is 35.5. The number of carbonyl (C=O) groups excluding carboxylic acids is 1. The number of para-hydroxylation sites is 1. The molecule has 1 saturated heterocycles. The lowest BCUT2D eigenvalue weighted by Crippen LogP contribution is -2.48. The Bertz CT molecular complexity index is 938. The van der Waals surface area contributed by atoms with Gasteiger partial charge in [-0.05, 0) is 41.6 Å². The highest BCUT2D eigenvalue weighted by molar-refractivity contribution is 8.18. The van der Waals surface area contributed by atoms with E-state index in [0.717, 1.165) is 5.56 Å². The largest absolute Gasteiger partial charge is 0.366 e. The van der Waals surface area contributed by atoms with Crippen LogP contribution >= 0.6 is 23.4 Å². The number of amides is 1. The fourth-order valence-electron chi connectivity index (χ4n) is 3.11. The molecule has 2 aromatic rings. The van der Waals surface area contributed by atoms with Crippen molar-refractivity contribution in [2.75, 3.05) is 31.1 Å². The molecule has 0 aliphatic carbocycles. The predicted octanol–water partition coefficient (Wildman–Crippen LogP) is 4.27. The van der Waals surface area contributed by atoms with E-state index in [-0.39, 0.29) is 11.7 Å². The summed E-state index contributed by atoms with van der Waals surface area (Å²) >= 11 is 7.54. The first-order valence-corrected chi connectivity index (χ1v) is 9.83. The number of piperazine rings is 1. The molecule has 2 aliphatic heterocycles. The number of hydrogen-bond donors (Lipinski definition) is 0. The number of hydrogen-bond acceptors (Lipinski definition) is 4. The molecule has 0 bridgehead atoms. The van der Waals surface area contributed by atoms with E-state index in [2.05, 4.69) is 9.89 Å². The van der Waals surface area contributed by atoms with Crippen molar-refractivity contribution in [3.63, 3.8) is 0 Å². The molecular formula is C20H17ClFN3OS. The summed E-state index contributed by atoms with van der Waals surface area (Å²) in [5.41, 5.74) is 1.42. The molecular weight excluding hydrogens is 385 g/mol. The normalized spacial score (nSPS) is 19.0. The van der Waals surface area contributed by atoms with Gasteiger partial charge in [-0.1, -0.05) is 41.9 Å². The molecule has 138 valence electrons. The lowest BCUT2D eigenvalue weighted by molar-refractivity contribution is -0.113. The van der Waals surface area contributed by atoms with Gasteiger partial charge in [-0.2, -0.15) is 4.99 Å². The molecule has 0 atom stereocenters. The van der Waals surface area contributed by atoms with Crippen LogP contribution < -0.4 is 4.90 Å². The van der Waals surface area contributed by atoms with Crippen molar-refractivity contribution >= 4 is 46.2 Å². The van der Waals surface area contributed by atoms with E-state index >= 15 is 0 Å². The number of carbonyl (C=O) groups is 1. The van der Waals surface area contributed by atoms with Crippen LogP contribution in [0.3, 0.4) is 0 Å². The van der Waals surface area contributed by atoms with Crippen LogP contribution in [-0.2, 0) is 4.79 Å². The van der Waals surface area contributed by atoms with Crippen molar-refractivity contribution in [1.82, 2.24) is 4.90 Å². The predicted molar refractivity (Wildman–Crippen MR) is 110 cm³/mol. The smallest absolute Gasteiger partial charge is 0.286 e. The summed E-state index contributed by atoms with van der Waals surface area (Å²) < 4.78 is 14.0. The maximum absolute atomic E-state index is 14.0. The van der Waals surface area contributed by atoms with E-state index in [9.17, 15) is 9.18 Å². The average Bonchev–Trinajstić information content (AvgIpc) is 3.05. The van der Waals surface area contributed by atoms with Gasteiger partial charge in [0.25, 0.3) is 5.91 Å². The van der Waals surface area contributed by atoms with Gasteiger partial charge in [0.05, 0.1) is 10.6 Å². The third kappa shape index (κ3) is 3.87. The van der Waals surface area contributed by atoms with Gasteiger partial charge in [-0.15, -0.1) is 0 Å². The van der Waals surface area contributed by atoms with Gasteiger partial charge >= 0.3 is 0 Å². The van der Waals surface area contributed by atoms with Crippen LogP contribution in [0.2, 0.25) is 5.02 Å². The minimum Gasteiger partial charge on any atom is -0.366 e. The molecule has 1 amide bonds. The fraction of sp³-hybridized carbons (Fsp3) is 0.200. The van der Waals surface area contributed by atoms with Crippen LogP contribution in [0.4, 0.5) is 10.1 Å². The molecule has 0 N–H and O–H groups in total. The quantitative estimate of drug-likeness (QED) is 0.704. The standard InChI is InChI=1S/C20H17ClFN3OS/c21-15-6-2-1-5-14(15)13-18-19(26)23-20(27-18)25-11-9-24(10-12-25)17-8-4-3-7-16(17)22/h1-8,13H,9-12H2/b18-13+. The van der Waals surface area contributed by atoms with Crippen molar-refractivity contribution in [2.45, 2.75) is 0 Å². The van der Waals surface area contributed by atoms with Gasteiger partial charge in [0.2, 0.25) is 0 Å². The highest BCUT2D eigenvalue weighted by Crippen LogP contribution is 2.32. The number of rotatable bonds is 2. The number of anilines is 1. The summed E-state index contributed by atoms with van der Waals surface area (Å²) in [6.45, 7) is 2.73. The first kappa shape index (κ1) is 18.1.